The normalized spacial score (nSPS) is 10.5. The third-order valence-corrected chi connectivity index (χ3v) is 2.67. The SMILES string of the molecule is Cc1cccc([N+](=O)[O-])c1S(=O)(=O)[O-].[Na+]. The summed E-state index contributed by atoms with van der Waals surface area (Å²) in [5, 5.41) is 10.4. The summed E-state index contributed by atoms with van der Waals surface area (Å²) in [6, 6.07) is 3.64. The molecule has 15 heavy (non-hydrogen) atoms. The van der Waals surface area contributed by atoms with Gasteiger partial charge >= 0.3 is 29.6 Å². The van der Waals surface area contributed by atoms with Crippen molar-refractivity contribution in [1.29, 1.82) is 0 Å². The topological polar surface area (TPSA) is 100 Å². The average molecular weight is 239 g/mol. The molecule has 1 rings (SSSR count). The molecule has 0 bridgehead atoms. The van der Waals surface area contributed by atoms with E-state index in [1.807, 2.05) is 0 Å². The Morgan fingerprint density at radius 3 is 2.20 bits per heavy atom. The molecule has 1 aromatic rings. The van der Waals surface area contributed by atoms with Gasteiger partial charge in [-0.2, -0.15) is 0 Å². The van der Waals surface area contributed by atoms with Gasteiger partial charge in [0.25, 0.3) is 5.69 Å². The summed E-state index contributed by atoms with van der Waals surface area (Å²) in [5.74, 6) is 0. The zero-order chi connectivity index (χ0) is 10.9. The predicted octanol–water partition coefficient (Wildman–Crippen LogP) is -2.19. The van der Waals surface area contributed by atoms with Gasteiger partial charge in [-0.3, -0.25) is 10.1 Å². The molecule has 0 spiro atoms. The first-order valence-corrected chi connectivity index (χ1v) is 4.95. The van der Waals surface area contributed by atoms with Crippen molar-refractivity contribution in [1.82, 2.24) is 0 Å². The first kappa shape index (κ1) is 14.5. The smallest absolute Gasteiger partial charge is 0.744 e. The van der Waals surface area contributed by atoms with Crippen LogP contribution in [0.4, 0.5) is 5.69 Å². The van der Waals surface area contributed by atoms with Crippen LogP contribution in [0.1, 0.15) is 5.56 Å². The fourth-order valence-corrected chi connectivity index (χ4v) is 1.97. The van der Waals surface area contributed by atoms with Crippen LogP contribution in [-0.2, 0) is 10.1 Å². The van der Waals surface area contributed by atoms with Crippen molar-refractivity contribution in [2.24, 2.45) is 0 Å². The van der Waals surface area contributed by atoms with Gasteiger partial charge in [0.15, 0.2) is 0 Å². The monoisotopic (exact) mass is 239 g/mol. The quantitative estimate of drug-likeness (QED) is 0.252. The summed E-state index contributed by atoms with van der Waals surface area (Å²) < 4.78 is 32.2. The van der Waals surface area contributed by atoms with Gasteiger partial charge < -0.3 is 4.55 Å². The Morgan fingerprint density at radius 2 is 1.87 bits per heavy atom. The van der Waals surface area contributed by atoms with Crippen LogP contribution in [0.25, 0.3) is 0 Å². The van der Waals surface area contributed by atoms with Crippen LogP contribution in [-0.4, -0.2) is 17.9 Å². The fraction of sp³-hybridized carbons (Fsp3) is 0.143. The molecule has 0 saturated carbocycles. The first-order valence-electron chi connectivity index (χ1n) is 3.54. The minimum absolute atomic E-state index is 0. The molecule has 0 saturated heterocycles. The van der Waals surface area contributed by atoms with Crippen molar-refractivity contribution in [2.45, 2.75) is 11.8 Å². The molecule has 1 aromatic carbocycles. The number of nitro groups is 1. The minimum Gasteiger partial charge on any atom is -0.744 e. The molecule has 0 atom stereocenters. The van der Waals surface area contributed by atoms with Crippen LogP contribution in [0, 0.1) is 17.0 Å². The van der Waals surface area contributed by atoms with Gasteiger partial charge in [0.1, 0.15) is 15.0 Å². The van der Waals surface area contributed by atoms with E-state index in [1.165, 1.54) is 19.1 Å². The second kappa shape index (κ2) is 5.04. The standard InChI is InChI=1S/C7H7NO5S.Na/c1-5-3-2-4-6(8(9)10)7(5)14(11,12)13;/h2-4H,1H3,(H,11,12,13);/q;+1/p-1. The van der Waals surface area contributed by atoms with Gasteiger partial charge in [0.05, 0.1) is 4.92 Å². The van der Waals surface area contributed by atoms with Gasteiger partial charge in [0, 0.05) is 6.07 Å². The summed E-state index contributed by atoms with van der Waals surface area (Å²) in [6.07, 6.45) is 0. The Hall–Kier alpha value is -0.470. The van der Waals surface area contributed by atoms with Crippen LogP contribution < -0.4 is 29.6 Å². The summed E-state index contributed by atoms with van der Waals surface area (Å²) in [6.45, 7) is 1.33. The molecular weight excluding hydrogens is 233 g/mol. The third-order valence-electron chi connectivity index (χ3n) is 1.64. The number of hydrogen-bond donors (Lipinski definition) is 0. The molecule has 0 aliphatic rings. The molecule has 0 unspecified atom stereocenters. The number of nitro benzene ring substituents is 1. The maximum absolute atomic E-state index is 10.7. The second-order valence-electron chi connectivity index (χ2n) is 2.63. The zero-order valence-electron chi connectivity index (χ0n) is 8.13. The number of hydrogen-bond acceptors (Lipinski definition) is 5. The largest absolute Gasteiger partial charge is 1.00 e. The van der Waals surface area contributed by atoms with Gasteiger partial charge in [-0.1, -0.05) is 12.1 Å². The van der Waals surface area contributed by atoms with Gasteiger partial charge in [-0.15, -0.1) is 0 Å². The van der Waals surface area contributed by atoms with Gasteiger partial charge in [-0.25, -0.2) is 8.42 Å². The van der Waals surface area contributed by atoms with Gasteiger partial charge in [-0.05, 0) is 12.5 Å². The van der Waals surface area contributed by atoms with E-state index in [9.17, 15) is 23.1 Å². The van der Waals surface area contributed by atoms with E-state index in [-0.39, 0.29) is 35.1 Å². The van der Waals surface area contributed by atoms with Crippen LogP contribution in [0.2, 0.25) is 0 Å². The predicted molar refractivity (Wildman–Crippen MR) is 45.8 cm³/mol. The van der Waals surface area contributed by atoms with Crippen LogP contribution >= 0.6 is 0 Å². The zero-order valence-corrected chi connectivity index (χ0v) is 10.9. The number of benzene rings is 1. The molecule has 0 aliphatic heterocycles. The fourth-order valence-electron chi connectivity index (χ4n) is 1.11. The third kappa shape index (κ3) is 3.25. The molecule has 0 heterocycles. The molecule has 0 radical (unpaired) electrons. The molecule has 0 aromatic heterocycles. The molecule has 6 nitrogen and oxygen atoms in total. The van der Waals surface area contributed by atoms with E-state index in [1.54, 1.807) is 0 Å². The maximum Gasteiger partial charge on any atom is 1.00 e. The molecule has 76 valence electrons. The minimum atomic E-state index is -4.80. The molecule has 8 heteroatoms. The van der Waals surface area contributed by atoms with Crippen LogP contribution in [0.5, 0.6) is 0 Å². The summed E-state index contributed by atoms with van der Waals surface area (Å²) >= 11 is 0. The van der Waals surface area contributed by atoms with Crippen molar-refractivity contribution in [3.05, 3.63) is 33.9 Å². The molecule has 0 fully saturated rings. The summed E-state index contributed by atoms with van der Waals surface area (Å²) in [7, 11) is -4.80. The second-order valence-corrected chi connectivity index (χ2v) is 3.95. The maximum atomic E-state index is 10.7. The number of rotatable bonds is 2. The van der Waals surface area contributed by atoms with Crippen LogP contribution in [0.15, 0.2) is 23.1 Å². The van der Waals surface area contributed by atoms with Gasteiger partial charge in [0.2, 0.25) is 0 Å². The van der Waals surface area contributed by atoms with E-state index < -0.39 is 25.6 Å². The van der Waals surface area contributed by atoms with Crippen molar-refractivity contribution >= 4 is 15.8 Å². The summed E-state index contributed by atoms with van der Waals surface area (Å²) in [4.78, 5) is 8.77. The van der Waals surface area contributed by atoms with E-state index in [2.05, 4.69) is 0 Å². The Balaban J connectivity index is 0.00000196. The van der Waals surface area contributed by atoms with Crippen molar-refractivity contribution in [3.8, 4) is 0 Å². The molecule has 0 aliphatic carbocycles. The Morgan fingerprint density at radius 1 is 1.33 bits per heavy atom. The molecule has 0 N–H and O–H groups in total. The van der Waals surface area contributed by atoms with E-state index >= 15 is 0 Å². The number of aryl methyl sites for hydroxylation is 1. The van der Waals surface area contributed by atoms with Crippen molar-refractivity contribution < 1.29 is 47.5 Å². The van der Waals surface area contributed by atoms with E-state index in [0.717, 1.165) is 6.07 Å². The summed E-state index contributed by atoms with van der Waals surface area (Å²) in [5.41, 5.74) is -0.603. The first-order chi connectivity index (χ1) is 6.34. The van der Waals surface area contributed by atoms with Crippen LogP contribution in [0.3, 0.4) is 0 Å². The van der Waals surface area contributed by atoms with Crippen molar-refractivity contribution in [2.75, 3.05) is 0 Å². The number of nitrogens with zero attached hydrogens (tertiary/aromatic N) is 1. The Bertz CT molecular complexity index is 484. The van der Waals surface area contributed by atoms with Crippen molar-refractivity contribution in [3.63, 3.8) is 0 Å². The average Bonchev–Trinajstić information content (AvgIpc) is 2.01. The Labute approximate surface area is 108 Å². The van der Waals surface area contributed by atoms with E-state index in [0.29, 0.717) is 0 Å². The molecule has 0 amide bonds. The molecular formula is C7H6NNaO5S. The Kier molecular flexibility index (Phi) is 4.88. The van der Waals surface area contributed by atoms with E-state index in [4.69, 9.17) is 0 Å².